The molecular weight excluding hydrogens is 268 g/mol. The van der Waals surface area contributed by atoms with E-state index < -0.39 is 11.7 Å². The number of carboxylic acids is 1. The average Bonchev–Trinajstić information content (AvgIpc) is 2.70. The Bertz CT molecular complexity index is 677. The van der Waals surface area contributed by atoms with Gasteiger partial charge in [-0.05, 0) is 6.92 Å². The SMILES string of the molecule is Cc1[nH]c(=O)nc(SCc2cncn2C)c1C(=O)O. The van der Waals surface area contributed by atoms with E-state index in [1.807, 2.05) is 11.6 Å². The summed E-state index contributed by atoms with van der Waals surface area (Å²) in [5.74, 6) is -0.610. The van der Waals surface area contributed by atoms with Crippen molar-refractivity contribution in [1.82, 2.24) is 19.5 Å². The minimum Gasteiger partial charge on any atom is -0.478 e. The first kappa shape index (κ1) is 13.3. The van der Waals surface area contributed by atoms with Crippen molar-refractivity contribution in [3.63, 3.8) is 0 Å². The number of carboxylic acid groups (broad SMARTS) is 1. The van der Waals surface area contributed by atoms with Crippen LogP contribution in [0.3, 0.4) is 0 Å². The van der Waals surface area contributed by atoms with Crippen molar-refractivity contribution in [2.24, 2.45) is 7.05 Å². The molecule has 2 aromatic heterocycles. The molecule has 100 valence electrons. The quantitative estimate of drug-likeness (QED) is 0.634. The molecule has 0 aliphatic rings. The maximum atomic E-state index is 11.3. The summed E-state index contributed by atoms with van der Waals surface area (Å²) in [5.41, 5.74) is 0.711. The Kier molecular flexibility index (Phi) is 3.70. The van der Waals surface area contributed by atoms with Gasteiger partial charge in [0.2, 0.25) is 0 Å². The Morgan fingerprint density at radius 1 is 1.58 bits per heavy atom. The number of hydrogen-bond acceptors (Lipinski definition) is 5. The van der Waals surface area contributed by atoms with Crippen LogP contribution in [0.5, 0.6) is 0 Å². The third kappa shape index (κ3) is 2.84. The zero-order valence-corrected chi connectivity index (χ0v) is 11.2. The molecule has 0 unspecified atom stereocenters. The van der Waals surface area contributed by atoms with Gasteiger partial charge in [-0.1, -0.05) is 11.8 Å². The van der Waals surface area contributed by atoms with Crippen LogP contribution in [-0.2, 0) is 12.8 Å². The first-order valence-corrected chi connectivity index (χ1v) is 6.40. The van der Waals surface area contributed by atoms with Crippen LogP contribution >= 0.6 is 11.8 Å². The van der Waals surface area contributed by atoms with Gasteiger partial charge in [-0.25, -0.2) is 14.6 Å². The molecule has 7 nitrogen and oxygen atoms in total. The van der Waals surface area contributed by atoms with Gasteiger partial charge in [0.05, 0.1) is 6.33 Å². The van der Waals surface area contributed by atoms with Gasteiger partial charge in [0, 0.05) is 30.4 Å². The fourth-order valence-electron chi connectivity index (χ4n) is 1.58. The number of H-pyrrole nitrogens is 1. The van der Waals surface area contributed by atoms with Gasteiger partial charge < -0.3 is 14.7 Å². The van der Waals surface area contributed by atoms with E-state index in [-0.39, 0.29) is 10.6 Å². The van der Waals surface area contributed by atoms with Crippen molar-refractivity contribution in [1.29, 1.82) is 0 Å². The van der Waals surface area contributed by atoms with E-state index in [1.165, 1.54) is 11.8 Å². The highest BCUT2D eigenvalue weighted by atomic mass is 32.2. The van der Waals surface area contributed by atoms with Crippen molar-refractivity contribution in [2.45, 2.75) is 17.7 Å². The van der Waals surface area contributed by atoms with Crippen LogP contribution in [0, 0.1) is 6.92 Å². The molecule has 0 aromatic carbocycles. The molecule has 0 amide bonds. The smallest absolute Gasteiger partial charge is 0.346 e. The monoisotopic (exact) mass is 280 g/mol. The van der Waals surface area contributed by atoms with Crippen molar-refractivity contribution < 1.29 is 9.90 Å². The first-order chi connectivity index (χ1) is 8.99. The van der Waals surface area contributed by atoms with E-state index in [9.17, 15) is 9.59 Å². The molecule has 0 radical (unpaired) electrons. The van der Waals surface area contributed by atoms with Gasteiger partial charge in [0.15, 0.2) is 0 Å². The van der Waals surface area contributed by atoms with E-state index in [0.717, 1.165) is 5.69 Å². The van der Waals surface area contributed by atoms with Crippen LogP contribution in [0.25, 0.3) is 0 Å². The highest BCUT2D eigenvalue weighted by molar-refractivity contribution is 7.98. The summed E-state index contributed by atoms with van der Waals surface area (Å²) in [4.78, 5) is 32.6. The van der Waals surface area contributed by atoms with E-state index in [1.54, 1.807) is 19.4 Å². The maximum absolute atomic E-state index is 11.3. The van der Waals surface area contributed by atoms with Crippen LogP contribution in [0.1, 0.15) is 21.7 Å². The summed E-state index contributed by atoms with van der Waals surface area (Å²) in [7, 11) is 1.84. The maximum Gasteiger partial charge on any atom is 0.346 e. The van der Waals surface area contributed by atoms with Crippen molar-refractivity contribution >= 4 is 17.7 Å². The Labute approximate surface area is 112 Å². The molecule has 2 N–H and O–H groups in total. The summed E-state index contributed by atoms with van der Waals surface area (Å²) in [6.45, 7) is 1.54. The van der Waals surface area contributed by atoms with E-state index in [4.69, 9.17) is 5.11 Å². The zero-order chi connectivity index (χ0) is 14.0. The van der Waals surface area contributed by atoms with Crippen LogP contribution in [0.15, 0.2) is 22.3 Å². The predicted octanol–water partition coefficient (Wildman–Crippen LogP) is 0.802. The molecule has 0 fully saturated rings. The number of thioether (sulfide) groups is 1. The van der Waals surface area contributed by atoms with Crippen LogP contribution in [0.4, 0.5) is 0 Å². The second-order valence-electron chi connectivity index (χ2n) is 3.94. The average molecular weight is 280 g/mol. The zero-order valence-electron chi connectivity index (χ0n) is 10.4. The minimum atomic E-state index is -1.10. The summed E-state index contributed by atoms with van der Waals surface area (Å²) >= 11 is 1.20. The van der Waals surface area contributed by atoms with Gasteiger partial charge in [-0.15, -0.1) is 0 Å². The lowest BCUT2D eigenvalue weighted by Gasteiger charge is -2.07. The number of hydrogen-bond donors (Lipinski definition) is 2. The van der Waals surface area contributed by atoms with Crippen LogP contribution in [-0.4, -0.2) is 30.6 Å². The van der Waals surface area contributed by atoms with E-state index in [0.29, 0.717) is 11.4 Å². The lowest BCUT2D eigenvalue weighted by Crippen LogP contribution is -2.18. The molecule has 0 atom stereocenters. The minimum absolute atomic E-state index is 0.0340. The molecule has 0 bridgehead atoms. The number of imidazole rings is 1. The largest absolute Gasteiger partial charge is 0.478 e. The molecule has 0 aliphatic carbocycles. The molecule has 19 heavy (non-hydrogen) atoms. The lowest BCUT2D eigenvalue weighted by atomic mass is 10.2. The standard InChI is InChI=1S/C11H12N4O3S/c1-6-8(10(16)17)9(14-11(18)13-6)19-4-7-3-12-5-15(7)2/h3,5H,4H2,1-2H3,(H,16,17)(H,13,14,18). The highest BCUT2D eigenvalue weighted by Crippen LogP contribution is 2.24. The van der Waals surface area contributed by atoms with Gasteiger partial charge in [-0.3, -0.25) is 0 Å². The third-order valence-corrected chi connectivity index (χ3v) is 3.58. The summed E-state index contributed by atoms with van der Waals surface area (Å²) in [5, 5.41) is 9.37. The third-order valence-electron chi connectivity index (χ3n) is 2.57. The van der Waals surface area contributed by atoms with E-state index in [2.05, 4.69) is 15.0 Å². The van der Waals surface area contributed by atoms with Crippen LogP contribution in [0.2, 0.25) is 0 Å². The fourth-order valence-corrected chi connectivity index (χ4v) is 2.68. The number of nitrogens with zero attached hydrogens (tertiary/aromatic N) is 3. The number of aryl methyl sites for hydroxylation is 2. The van der Waals surface area contributed by atoms with Crippen LogP contribution < -0.4 is 5.69 Å². The van der Waals surface area contributed by atoms with E-state index >= 15 is 0 Å². The Morgan fingerprint density at radius 2 is 2.32 bits per heavy atom. The Balaban J connectivity index is 2.32. The van der Waals surface area contributed by atoms with Crippen molar-refractivity contribution in [3.05, 3.63) is 40.0 Å². The summed E-state index contributed by atoms with van der Waals surface area (Å²) in [6.07, 6.45) is 3.35. The Hall–Kier alpha value is -2.09. The first-order valence-electron chi connectivity index (χ1n) is 5.41. The number of aromatic amines is 1. The highest BCUT2D eigenvalue weighted by Gasteiger charge is 2.17. The molecule has 0 saturated heterocycles. The van der Waals surface area contributed by atoms with Crippen molar-refractivity contribution in [3.8, 4) is 0 Å². The number of nitrogens with one attached hydrogen (secondary N) is 1. The molecule has 8 heteroatoms. The normalized spacial score (nSPS) is 10.6. The predicted molar refractivity (Wildman–Crippen MR) is 69.3 cm³/mol. The van der Waals surface area contributed by atoms with Gasteiger partial charge in [0.1, 0.15) is 10.6 Å². The van der Waals surface area contributed by atoms with Crippen molar-refractivity contribution in [2.75, 3.05) is 0 Å². The molecular formula is C11H12N4O3S. The topological polar surface area (TPSA) is 101 Å². The number of carbonyl (C=O) groups is 1. The molecule has 0 aliphatic heterocycles. The van der Waals surface area contributed by atoms with Gasteiger partial charge >= 0.3 is 11.7 Å². The molecule has 0 spiro atoms. The fraction of sp³-hybridized carbons (Fsp3) is 0.273. The number of rotatable bonds is 4. The number of aromatic nitrogens is 4. The second kappa shape index (κ2) is 5.27. The molecule has 2 rings (SSSR count). The van der Waals surface area contributed by atoms with Gasteiger partial charge in [-0.2, -0.15) is 4.98 Å². The lowest BCUT2D eigenvalue weighted by molar-refractivity contribution is 0.0690. The summed E-state index contributed by atoms with van der Waals surface area (Å²) in [6, 6.07) is 0. The number of aromatic carboxylic acids is 1. The Morgan fingerprint density at radius 3 is 2.89 bits per heavy atom. The summed E-state index contributed by atoms with van der Waals surface area (Å²) < 4.78 is 1.83. The molecule has 2 aromatic rings. The molecule has 0 saturated carbocycles. The van der Waals surface area contributed by atoms with Gasteiger partial charge in [0.25, 0.3) is 0 Å². The molecule has 2 heterocycles. The second-order valence-corrected chi connectivity index (χ2v) is 4.90.